The smallest absolute Gasteiger partial charge is 0.329 e. The molecule has 1 aliphatic carbocycles. The topological polar surface area (TPSA) is 128 Å². The molecule has 0 radical (unpaired) electrons. The molecule has 2 fully saturated rings. The lowest BCUT2D eigenvalue weighted by Crippen LogP contribution is -2.50. The predicted octanol–water partition coefficient (Wildman–Crippen LogP) is 2.17. The van der Waals surface area contributed by atoms with E-state index in [9.17, 15) is 19.5 Å². The maximum atomic E-state index is 13.2. The number of H-pyrrole nitrogens is 1. The lowest BCUT2D eigenvalue weighted by atomic mass is 10.1. The van der Waals surface area contributed by atoms with Crippen molar-refractivity contribution in [3.05, 3.63) is 48.0 Å². The number of aliphatic carboxylic acids is 1. The Morgan fingerprint density at radius 1 is 1.34 bits per heavy atom. The summed E-state index contributed by atoms with van der Waals surface area (Å²) in [6.45, 7) is 1.68. The van der Waals surface area contributed by atoms with Crippen molar-refractivity contribution in [3.63, 3.8) is 0 Å². The number of aryl methyl sites for hydroxylation is 1. The Kier molecular flexibility index (Phi) is 9.32. The summed E-state index contributed by atoms with van der Waals surface area (Å²) in [6, 6.07) is 7.63. The van der Waals surface area contributed by atoms with Crippen LogP contribution >= 0.6 is 11.8 Å². The van der Waals surface area contributed by atoms with Gasteiger partial charge in [0.25, 0.3) is 0 Å². The SMILES string of the molecule is COc1ccccc1CN(CC(=O)NC1(C(=O)O)CC1CSC)CC1CCCN1C(=O)CCc1cnc[nH]1. The maximum Gasteiger partial charge on any atom is 0.329 e. The molecule has 38 heavy (non-hydrogen) atoms. The van der Waals surface area contributed by atoms with Gasteiger partial charge in [-0.2, -0.15) is 11.8 Å². The number of carbonyl (C=O) groups excluding carboxylic acids is 2. The standard InChI is InChI=1S/C27H37N5O5S/c1-37-23-8-4-3-6-19(23)14-31(16-24(33)30-27(26(35)36)12-20(27)17-38-2)15-22-7-5-11-32(22)25(34)10-9-21-13-28-18-29-21/h3-4,6,8,13,18,20,22H,5,7,9-12,14-17H2,1-2H3,(H,28,29)(H,30,33)(H,35,36). The third-order valence-corrected chi connectivity index (χ3v) is 8.24. The van der Waals surface area contributed by atoms with E-state index in [0.717, 1.165) is 29.8 Å². The maximum absolute atomic E-state index is 13.2. The molecule has 2 amide bonds. The second kappa shape index (κ2) is 12.7. The summed E-state index contributed by atoms with van der Waals surface area (Å²) < 4.78 is 5.53. The van der Waals surface area contributed by atoms with Crippen molar-refractivity contribution in [1.29, 1.82) is 0 Å². The van der Waals surface area contributed by atoms with Gasteiger partial charge in [-0.15, -0.1) is 0 Å². The van der Waals surface area contributed by atoms with E-state index in [1.54, 1.807) is 31.4 Å². The van der Waals surface area contributed by atoms with Crippen LogP contribution in [0.1, 0.15) is 36.9 Å². The quantitative estimate of drug-likeness (QED) is 0.331. The zero-order valence-corrected chi connectivity index (χ0v) is 22.8. The molecule has 4 rings (SSSR count). The first kappa shape index (κ1) is 28.0. The second-order valence-electron chi connectivity index (χ2n) is 10.1. The van der Waals surface area contributed by atoms with E-state index in [0.29, 0.717) is 44.6 Å². The van der Waals surface area contributed by atoms with Crippen LogP contribution in [0.25, 0.3) is 0 Å². The fourth-order valence-electron chi connectivity index (χ4n) is 5.41. The normalized spacial score (nSPS) is 22.4. The van der Waals surface area contributed by atoms with Gasteiger partial charge >= 0.3 is 5.97 Å². The summed E-state index contributed by atoms with van der Waals surface area (Å²) >= 11 is 1.58. The number of imidazole rings is 1. The van der Waals surface area contributed by atoms with Crippen LogP contribution in [0.15, 0.2) is 36.8 Å². The molecule has 1 aliphatic heterocycles. The van der Waals surface area contributed by atoms with Gasteiger partial charge in [-0.1, -0.05) is 18.2 Å². The van der Waals surface area contributed by atoms with Gasteiger partial charge in [0.05, 0.1) is 20.0 Å². The number of para-hydroxylation sites is 1. The van der Waals surface area contributed by atoms with Crippen molar-refractivity contribution in [1.82, 2.24) is 25.1 Å². The lowest BCUT2D eigenvalue weighted by Gasteiger charge is -2.31. The molecule has 2 aliphatic rings. The van der Waals surface area contributed by atoms with Gasteiger partial charge in [0.1, 0.15) is 11.3 Å². The number of hydrogen-bond acceptors (Lipinski definition) is 7. The summed E-state index contributed by atoms with van der Waals surface area (Å²) in [5.41, 5.74) is 0.673. The number of aromatic nitrogens is 2. The molecular weight excluding hydrogens is 506 g/mol. The van der Waals surface area contributed by atoms with E-state index < -0.39 is 11.5 Å². The van der Waals surface area contributed by atoms with E-state index >= 15 is 0 Å². The largest absolute Gasteiger partial charge is 0.496 e. The highest BCUT2D eigenvalue weighted by Crippen LogP contribution is 2.45. The molecule has 3 atom stereocenters. The van der Waals surface area contributed by atoms with Crippen LogP contribution in [0, 0.1) is 5.92 Å². The third-order valence-electron chi connectivity index (χ3n) is 7.50. The van der Waals surface area contributed by atoms with Gasteiger partial charge in [0, 0.05) is 55.5 Å². The Bertz CT molecular complexity index is 1110. The minimum absolute atomic E-state index is 0.0228. The Morgan fingerprint density at radius 3 is 2.87 bits per heavy atom. The van der Waals surface area contributed by atoms with E-state index in [1.807, 2.05) is 40.3 Å². The molecule has 10 nitrogen and oxygen atoms in total. The molecule has 3 unspecified atom stereocenters. The summed E-state index contributed by atoms with van der Waals surface area (Å²) in [7, 11) is 1.61. The van der Waals surface area contributed by atoms with Crippen LogP contribution in [-0.4, -0.2) is 93.0 Å². The highest BCUT2D eigenvalue weighted by Gasteiger charge is 2.61. The van der Waals surface area contributed by atoms with Gasteiger partial charge in [-0.05, 0) is 43.8 Å². The van der Waals surface area contributed by atoms with E-state index in [4.69, 9.17) is 4.74 Å². The Morgan fingerprint density at radius 2 is 2.16 bits per heavy atom. The predicted molar refractivity (Wildman–Crippen MR) is 145 cm³/mol. The molecule has 2 heterocycles. The Balaban J connectivity index is 1.45. The van der Waals surface area contributed by atoms with E-state index in [2.05, 4.69) is 15.3 Å². The van der Waals surface area contributed by atoms with Gasteiger partial charge in [-0.3, -0.25) is 14.5 Å². The number of likely N-dealkylation sites (tertiary alicyclic amines) is 1. The molecule has 11 heteroatoms. The number of nitrogens with one attached hydrogen (secondary N) is 2. The monoisotopic (exact) mass is 543 g/mol. The average molecular weight is 544 g/mol. The zero-order valence-electron chi connectivity index (χ0n) is 22.0. The molecule has 1 aromatic heterocycles. The molecule has 0 spiro atoms. The van der Waals surface area contributed by atoms with Crippen molar-refractivity contribution in [2.24, 2.45) is 5.92 Å². The summed E-state index contributed by atoms with van der Waals surface area (Å²) in [4.78, 5) is 49.3. The molecule has 2 aromatic rings. The van der Waals surface area contributed by atoms with Gasteiger partial charge in [0.15, 0.2) is 0 Å². The lowest BCUT2D eigenvalue weighted by molar-refractivity contribution is -0.144. The number of carboxylic acids is 1. The van der Waals surface area contributed by atoms with Crippen LogP contribution in [-0.2, 0) is 27.3 Å². The number of aromatic amines is 1. The molecule has 3 N–H and O–H groups in total. The number of carboxylic acid groups (broad SMARTS) is 1. The van der Waals surface area contributed by atoms with Crippen molar-refractivity contribution in [2.75, 3.05) is 38.8 Å². The van der Waals surface area contributed by atoms with Gasteiger partial charge in [-0.25, -0.2) is 9.78 Å². The number of methoxy groups -OCH3 is 1. The minimum atomic E-state index is -1.18. The molecule has 1 aromatic carbocycles. The number of benzene rings is 1. The summed E-state index contributed by atoms with van der Waals surface area (Å²) in [5, 5.41) is 12.7. The Hall–Kier alpha value is -3.05. The van der Waals surface area contributed by atoms with Crippen LogP contribution in [0.4, 0.5) is 0 Å². The number of amides is 2. The summed E-state index contributed by atoms with van der Waals surface area (Å²) in [5.74, 6) is 0.133. The van der Waals surface area contributed by atoms with E-state index in [1.165, 1.54) is 0 Å². The third kappa shape index (κ3) is 6.68. The number of hydrogen-bond donors (Lipinski definition) is 3. The zero-order chi connectivity index (χ0) is 27.1. The van der Waals surface area contributed by atoms with Crippen molar-refractivity contribution < 1.29 is 24.2 Å². The first-order valence-corrected chi connectivity index (χ1v) is 14.4. The van der Waals surface area contributed by atoms with Crippen LogP contribution < -0.4 is 10.1 Å². The fraction of sp³-hybridized carbons (Fsp3) is 0.556. The van der Waals surface area contributed by atoms with Crippen LogP contribution in [0.5, 0.6) is 5.75 Å². The molecule has 0 bridgehead atoms. The van der Waals surface area contributed by atoms with Crippen LogP contribution in [0.3, 0.4) is 0 Å². The van der Waals surface area contributed by atoms with Gasteiger partial charge < -0.3 is 25.0 Å². The average Bonchev–Trinajstić information content (AvgIpc) is 3.23. The molecule has 1 saturated heterocycles. The highest BCUT2D eigenvalue weighted by atomic mass is 32.2. The van der Waals surface area contributed by atoms with E-state index in [-0.39, 0.29) is 30.3 Å². The number of thioether (sulfide) groups is 1. The second-order valence-corrected chi connectivity index (χ2v) is 11.0. The first-order valence-electron chi connectivity index (χ1n) is 13.0. The van der Waals surface area contributed by atoms with Crippen molar-refractivity contribution >= 4 is 29.5 Å². The number of carbonyl (C=O) groups is 3. The summed E-state index contributed by atoms with van der Waals surface area (Å²) in [6.07, 6.45) is 8.48. The van der Waals surface area contributed by atoms with Crippen molar-refractivity contribution in [3.8, 4) is 5.75 Å². The number of rotatable bonds is 14. The van der Waals surface area contributed by atoms with Crippen LogP contribution in [0.2, 0.25) is 0 Å². The molecular formula is C27H37N5O5S. The minimum Gasteiger partial charge on any atom is -0.496 e. The molecule has 1 saturated carbocycles. The first-order chi connectivity index (χ1) is 18.4. The Labute approximate surface area is 227 Å². The molecule has 206 valence electrons. The number of nitrogens with zero attached hydrogens (tertiary/aromatic N) is 3. The van der Waals surface area contributed by atoms with Gasteiger partial charge in [0.2, 0.25) is 11.8 Å². The highest BCUT2D eigenvalue weighted by molar-refractivity contribution is 7.98. The fourth-order valence-corrected chi connectivity index (χ4v) is 6.21. The number of ether oxygens (including phenoxy) is 1. The van der Waals surface area contributed by atoms with Crippen molar-refractivity contribution in [2.45, 2.75) is 50.2 Å².